The van der Waals surface area contributed by atoms with E-state index in [9.17, 15) is 4.79 Å². The van der Waals surface area contributed by atoms with Crippen LogP contribution in [0.25, 0.3) is 10.6 Å². The number of rotatable bonds is 4. The number of hydrogen-bond acceptors (Lipinski definition) is 4. The Morgan fingerprint density at radius 3 is 3.00 bits per heavy atom. The van der Waals surface area contributed by atoms with E-state index in [1.54, 1.807) is 12.4 Å². The average Bonchev–Trinajstić information content (AvgIpc) is 2.69. The minimum atomic E-state index is -0.850. The summed E-state index contributed by atoms with van der Waals surface area (Å²) in [5, 5.41) is 9.38. The molecule has 6 heteroatoms. The molecule has 2 aromatic heterocycles. The second-order valence-corrected chi connectivity index (χ2v) is 4.98. The van der Waals surface area contributed by atoms with Crippen LogP contribution in [-0.4, -0.2) is 21.0 Å². The normalized spacial score (nSPS) is 10.4. The first-order valence-electron chi connectivity index (χ1n) is 4.94. The fraction of sp³-hybridized carbons (Fsp3) is 0.182. The van der Waals surface area contributed by atoms with Crippen molar-refractivity contribution in [2.24, 2.45) is 0 Å². The number of carboxylic acid groups (broad SMARTS) is 1. The molecule has 0 saturated heterocycles. The maximum Gasteiger partial charge on any atom is 0.303 e. The predicted molar refractivity (Wildman–Crippen MR) is 66.3 cm³/mol. The van der Waals surface area contributed by atoms with Crippen LogP contribution in [0.15, 0.2) is 24.5 Å². The van der Waals surface area contributed by atoms with Crippen LogP contribution in [-0.2, 0) is 11.2 Å². The summed E-state index contributed by atoms with van der Waals surface area (Å²) in [5.41, 5.74) is 1.53. The summed E-state index contributed by atoms with van der Waals surface area (Å²) in [6.45, 7) is 0. The van der Waals surface area contributed by atoms with Gasteiger partial charge in [-0.1, -0.05) is 11.6 Å². The van der Waals surface area contributed by atoms with Crippen molar-refractivity contribution in [3.8, 4) is 10.6 Å². The molecule has 0 aliphatic rings. The van der Waals surface area contributed by atoms with Gasteiger partial charge in [0.1, 0.15) is 9.34 Å². The highest BCUT2D eigenvalue weighted by atomic mass is 35.5. The molecule has 0 atom stereocenters. The summed E-state index contributed by atoms with van der Waals surface area (Å²) >= 11 is 7.36. The molecule has 2 rings (SSSR count). The molecule has 0 aromatic carbocycles. The number of carboxylic acids is 1. The highest BCUT2D eigenvalue weighted by molar-refractivity contribution is 7.19. The van der Waals surface area contributed by atoms with E-state index < -0.39 is 5.97 Å². The minimum absolute atomic E-state index is 0.0376. The third-order valence-corrected chi connectivity index (χ3v) is 3.52. The van der Waals surface area contributed by atoms with E-state index in [2.05, 4.69) is 9.97 Å². The second-order valence-electron chi connectivity index (χ2n) is 3.37. The van der Waals surface area contributed by atoms with Crippen LogP contribution < -0.4 is 0 Å². The molecule has 1 N–H and O–H groups in total. The Morgan fingerprint density at radius 1 is 1.53 bits per heavy atom. The topological polar surface area (TPSA) is 63.1 Å². The fourth-order valence-electron chi connectivity index (χ4n) is 1.33. The quantitative estimate of drug-likeness (QED) is 0.926. The van der Waals surface area contributed by atoms with Crippen LogP contribution in [0.1, 0.15) is 12.1 Å². The summed E-state index contributed by atoms with van der Waals surface area (Å²) in [6, 6.07) is 3.71. The average molecular weight is 269 g/mol. The van der Waals surface area contributed by atoms with Gasteiger partial charge in [0, 0.05) is 24.4 Å². The molecule has 2 aromatic rings. The number of aryl methyl sites for hydroxylation is 1. The zero-order chi connectivity index (χ0) is 12.3. The highest BCUT2D eigenvalue weighted by Crippen LogP contribution is 2.31. The van der Waals surface area contributed by atoms with E-state index in [0.717, 1.165) is 10.6 Å². The van der Waals surface area contributed by atoms with Crippen molar-refractivity contribution in [1.82, 2.24) is 9.97 Å². The first-order valence-corrected chi connectivity index (χ1v) is 6.13. The van der Waals surface area contributed by atoms with Crippen molar-refractivity contribution in [3.05, 3.63) is 34.6 Å². The molecule has 0 aliphatic carbocycles. The number of thiazole rings is 1. The van der Waals surface area contributed by atoms with Gasteiger partial charge in [-0.25, -0.2) is 4.98 Å². The first-order chi connectivity index (χ1) is 8.16. The van der Waals surface area contributed by atoms with Crippen molar-refractivity contribution in [3.63, 3.8) is 0 Å². The summed E-state index contributed by atoms with van der Waals surface area (Å²) in [5.74, 6) is -0.850. The van der Waals surface area contributed by atoms with Crippen LogP contribution in [0, 0.1) is 0 Å². The third kappa shape index (κ3) is 3.01. The molecule has 0 spiro atoms. The van der Waals surface area contributed by atoms with Gasteiger partial charge in [-0.15, -0.1) is 11.3 Å². The third-order valence-electron chi connectivity index (χ3n) is 2.13. The zero-order valence-electron chi connectivity index (χ0n) is 8.76. The minimum Gasteiger partial charge on any atom is -0.481 e. The molecule has 0 radical (unpaired) electrons. The zero-order valence-corrected chi connectivity index (χ0v) is 10.3. The lowest BCUT2D eigenvalue weighted by Crippen LogP contribution is -1.97. The molecule has 0 saturated carbocycles. The SMILES string of the molecule is O=C(O)CCc1nc(-c2cccnc2)sc1Cl. The Hall–Kier alpha value is -1.46. The van der Waals surface area contributed by atoms with Crippen molar-refractivity contribution >= 4 is 28.9 Å². The molecule has 88 valence electrons. The Morgan fingerprint density at radius 2 is 2.35 bits per heavy atom. The van der Waals surface area contributed by atoms with Crippen molar-refractivity contribution < 1.29 is 9.90 Å². The lowest BCUT2D eigenvalue weighted by molar-refractivity contribution is -0.136. The number of aromatic nitrogens is 2. The maximum absolute atomic E-state index is 10.5. The van der Waals surface area contributed by atoms with Crippen molar-refractivity contribution in [1.29, 1.82) is 0 Å². The summed E-state index contributed by atoms with van der Waals surface area (Å²) in [4.78, 5) is 18.8. The molecule has 4 nitrogen and oxygen atoms in total. The van der Waals surface area contributed by atoms with Gasteiger partial charge in [-0.3, -0.25) is 9.78 Å². The molecule has 0 aliphatic heterocycles. The molecule has 0 bridgehead atoms. The van der Waals surface area contributed by atoms with Crippen molar-refractivity contribution in [2.45, 2.75) is 12.8 Å². The molecule has 0 fully saturated rings. The molecule has 0 amide bonds. The van der Waals surface area contributed by atoms with Gasteiger partial charge in [0.05, 0.1) is 12.1 Å². The van der Waals surface area contributed by atoms with E-state index in [1.807, 2.05) is 12.1 Å². The van der Waals surface area contributed by atoms with E-state index in [1.165, 1.54) is 11.3 Å². The van der Waals surface area contributed by atoms with Crippen LogP contribution in [0.5, 0.6) is 0 Å². The number of halogens is 1. The van der Waals surface area contributed by atoms with Gasteiger partial charge < -0.3 is 5.11 Å². The summed E-state index contributed by atoms with van der Waals surface area (Å²) < 4.78 is 0.546. The van der Waals surface area contributed by atoms with Gasteiger partial charge in [-0.2, -0.15) is 0 Å². The summed E-state index contributed by atoms with van der Waals surface area (Å²) in [7, 11) is 0. The van der Waals surface area contributed by atoms with Crippen LogP contribution >= 0.6 is 22.9 Å². The van der Waals surface area contributed by atoms with E-state index in [-0.39, 0.29) is 6.42 Å². The Labute approximate surface area is 107 Å². The van der Waals surface area contributed by atoms with Gasteiger partial charge in [-0.05, 0) is 12.1 Å². The first kappa shape index (κ1) is 12.0. The van der Waals surface area contributed by atoms with Crippen molar-refractivity contribution in [2.75, 3.05) is 0 Å². The Bertz CT molecular complexity index is 528. The lowest BCUT2D eigenvalue weighted by atomic mass is 10.2. The van der Waals surface area contributed by atoms with Crippen LogP contribution in [0.2, 0.25) is 4.34 Å². The smallest absolute Gasteiger partial charge is 0.303 e. The predicted octanol–water partition coefficient (Wildman–Crippen LogP) is 2.88. The number of carbonyl (C=O) groups is 1. The lowest BCUT2D eigenvalue weighted by Gasteiger charge is -1.93. The second kappa shape index (κ2) is 5.25. The highest BCUT2D eigenvalue weighted by Gasteiger charge is 2.12. The molecular weight excluding hydrogens is 260 g/mol. The van der Waals surface area contributed by atoms with Gasteiger partial charge in [0.2, 0.25) is 0 Å². The van der Waals surface area contributed by atoms with Gasteiger partial charge >= 0.3 is 5.97 Å². The van der Waals surface area contributed by atoms with Gasteiger partial charge in [0.15, 0.2) is 0 Å². The monoisotopic (exact) mass is 268 g/mol. The Kier molecular flexibility index (Phi) is 3.71. The van der Waals surface area contributed by atoms with Crippen LogP contribution in [0.3, 0.4) is 0 Å². The molecular formula is C11H9ClN2O2S. The molecule has 0 unspecified atom stereocenters. The Balaban J connectivity index is 2.22. The van der Waals surface area contributed by atoms with E-state index in [0.29, 0.717) is 16.5 Å². The molecule has 2 heterocycles. The molecule has 17 heavy (non-hydrogen) atoms. The van der Waals surface area contributed by atoms with E-state index in [4.69, 9.17) is 16.7 Å². The fourth-order valence-corrected chi connectivity index (χ4v) is 2.51. The number of nitrogens with zero attached hydrogens (tertiary/aromatic N) is 2. The number of pyridine rings is 1. The largest absolute Gasteiger partial charge is 0.481 e. The number of hydrogen-bond donors (Lipinski definition) is 1. The van der Waals surface area contributed by atoms with Crippen LogP contribution in [0.4, 0.5) is 0 Å². The van der Waals surface area contributed by atoms with Gasteiger partial charge in [0.25, 0.3) is 0 Å². The van der Waals surface area contributed by atoms with E-state index >= 15 is 0 Å². The summed E-state index contributed by atoms with van der Waals surface area (Å²) in [6.07, 6.45) is 3.78. The standard InChI is InChI=1S/C11H9ClN2O2S/c12-10-8(3-4-9(15)16)14-11(17-10)7-2-1-5-13-6-7/h1-2,5-6H,3-4H2,(H,15,16). The number of aliphatic carboxylic acids is 1. The maximum atomic E-state index is 10.5.